The standard InChI is InChI=1S/C8H11Cl2NOSi/c1-13(2,10)6-11-5-7(9)3-4-8(11)12/h3-5H,6H2,1-2H3. The summed E-state index contributed by atoms with van der Waals surface area (Å²) >= 11 is 11.9. The molecule has 0 radical (unpaired) electrons. The van der Waals surface area contributed by atoms with Gasteiger partial charge in [-0.2, -0.15) is 11.1 Å². The summed E-state index contributed by atoms with van der Waals surface area (Å²) in [5.74, 6) is 0. The lowest BCUT2D eigenvalue weighted by molar-refractivity contribution is 0.814. The summed E-state index contributed by atoms with van der Waals surface area (Å²) in [5.41, 5.74) is -0.0503. The van der Waals surface area contributed by atoms with Crippen LogP contribution in [0.15, 0.2) is 23.1 Å². The number of rotatable bonds is 2. The summed E-state index contributed by atoms with van der Waals surface area (Å²) in [6.45, 7) is 3.98. The molecule has 0 N–H and O–H groups in total. The first-order chi connectivity index (χ1) is 5.88. The molecule has 1 aromatic heterocycles. The molecule has 0 saturated heterocycles. The van der Waals surface area contributed by atoms with Crippen LogP contribution in [0.1, 0.15) is 0 Å². The van der Waals surface area contributed by atoms with Crippen molar-refractivity contribution < 1.29 is 0 Å². The second-order valence-electron chi connectivity index (χ2n) is 3.53. The molecule has 0 aliphatic rings. The molecular weight excluding hydrogens is 225 g/mol. The van der Waals surface area contributed by atoms with Crippen LogP contribution in [0.5, 0.6) is 0 Å². The summed E-state index contributed by atoms with van der Waals surface area (Å²) < 4.78 is 1.57. The smallest absolute Gasteiger partial charge is 0.250 e. The maximum atomic E-state index is 11.3. The van der Waals surface area contributed by atoms with Gasteiger partial charge in [0.15, 0.2) is 7.38 Å². The molecular formula is C8H11Cl2NOSi. The number of pyridine rings is 1. The van der Waals surface area contributed by atoms with Crippen molar-refractivity contribution >= 4 is 30.1 Å². The highest BCUT2D eigenvalue weighted by Gasteiger charge is 2.18. The first-order valence-corrected chi connectivity index (χ1v) is 8.53. The molecule has 0 bridgehead atoms. The Kier molecular flexibility index (Phi) is 3.21. The normalized spacial score (nSPS) is 11.7. The third-order valence-electron chi connectivity index (χ3n) is 1.49. The maximum absolute atomic E-state index is 11.3. The fraction of sp³-hybridized carbons (Fsp3) is 0.375. The highest BCUT2D eigenvalue weighted by molar-refractivity contribution is 7.18. The first-order valence-electron chi connectivity index (χ1n) is 3.93. The van der Waals surface area contributed by atoms with E-state index in [1.54, 1.807) is 16.8 Å². The molecule has 0 atom stereocenters. The van der Waals surface area contributed by atoms with E-state index in [2.05, 4.69) is 0 Å². The van der Waals surface area contributed by atoms with Crippen molar-refractivity contribution in [3.63, 3.8) is 0 Å². The summed E-state index contributed by atoms with van der Waals surface area (Å²) in [7, 11) is -1.78. The van der Waals surface area contributed by atoms with Crippen molar-refractivity contribution in [3.8, 4) is 0 Å². The minimum Gasteiger partial charge on any atom is -0.316 e. The number of aromatic nitrogens is 1. The summed E-state index contributed by atoms with van der Waals surface area (Å²) in [6.07, 6.45) is 2.22. The van der Waals surface area contributed by atoms with Gasteiger partial charge in [0.05, 0.1) is 5.02 Å². The maximum Gasteiger partial charge on any atom is 0.250 e. The van der Waals surface area contributed by atoms with Crippen LogP contribution in [0, 0.1) is 0 Å². The molecule has 13 heavy (non-hydrogen) atoms. The van der Waals surface area contributed by atoms with E-state index in [1.165, 1.54) is 6.07 Å². The minimum absolute atomic E-state index is 0.0503. The largest absolute Gasteiger partial charge is 0.316 e. The van der Waals surface area contributed by atoms with Gasteiger partial charge in [-0.3, -0.25) is 4.79 Å². The van der Waals surface area contributed by atoms with E-state index >= 15 is 0 Å². The number of halogens is 2. The lowest BCUT2D eigenvalue weighted by Crippen LogP contribution is -2.31. The van der Waals surface area contributed by atoms with E-state index in [9.17, 15) is 4.79 Å². The van der Waals surface area contributed by atoms with Gasteiger partial charge < -0.3 is 4.57 Å². The molecule has 5 heteroatoms. The van der Waals surface area contributed by atoms with Crippen LogP contribution in [0.25, 0.3) is 0 Å². The van der Waals surface area contributed by atoms with Gasteiger partial charge in [0.25, 0.3) is 0 Å². The molecule has 1 rings (SSSR count). The zero-order valence-electron chi connectivity index (χ0n) is 7.55. The Morgan fingerprint density at radius 1 is 1.46 bits per heavy atom. The molecule has 0 aromatic carbocycles. The Balaban J connectivity index is 3.01. The third-order valence-corrected chi connectivity index (χ3v) is 3.17. The van der Waals surface area contributed by atoms with Crippen LogP contribution in [0.2, 0.25) is 18.1 Å². The Labute approximate surface area is 87.8 Å². The topological polar surface area (TPSA) is 22.0 Å². The third kappa shape index (κ3) is 3.54. The molecule has 0 unspecified atom stereocenters. The van der Waals surface area contributed by atoms with Crippen molar-refractivity contribution in [2.45, 2.75) is 19.3 Å². The highest BCUT2D eigenvalue weighted by atomic mass is 35.6. The molecule has 1 aromatic rings. The summed E-state index contributed by atoms with van der Waals surface area (Å²) in [4.78, 5) is 11.3. The van der Waals surface area contributed by atoms with Crippen molar-refractivity contribution in [1.82, 2.24) is 4.57 Å². The minimum atomic E-state index is -1.78. The van der Waals surface area contributed by atoms with Gasteiger partial charge >= 0.3 is 0 Å². The van der Waals surface area contributed by atoms with Crippen LogP contribution >= 0.6 is 22.7 Å². The molecule has 0 spiro atoms. The van der Waals surface area contributed by atoms with Gasteiger partial charge in [0, 0.05) is 18.4 Å². The van der Waals surface area contributed by atoms with E-state index in [0.29, 0.717) is 11.2 Å². The Morgan fingerprint density at radius 2 is 2.08 bits per heavy atom. The van der Waals surface area contributed by atoms with Gasteiger partial charge in [-0.15, -0.1) is 0 Å². The zero-order valence-corrected chi connectivity index (χ0v) is 10.1. The van der Waals surface area contributed by atoms with Crippen LogP contribution in [0.3, 0.4) is 0 Å². The van der Waals surface area contributed by atoms with E-state index in [0.717, 1.165) is 0 Å². The molecule has 0 amide bonds. The van der Waals surface area contributed by atoms with Crippen molar-refractivity contribution in [2.24, 2.45) is 0 Å². The SMILES string of the molecule is C[Si](C)(Cl)Cn1cc(Cl)ccc1=O. The second kappa shape index (κ2) is 3.86. The van der Waals surface area contributed by atoms with Crippen LogP contribution in [-0.4, -0.2) is 12.0 Å². The van der Waals surface area contributed by atoms with Crippen molar-refractivity contribution in [1.29, 1.82) is 0 Å². The molecule has 0 aliphatic carbocycles. The fourth-order valence-corrected chi connectivity index (χ4v) is 2.66. The van der Waals surface area contributed by atoms with Gasteiger partial charge in [-0.05, 0) is 6.07 Å². The molecule has 0 fully saturated rings. The number of nitrogens with zero attached hydrogens (tertiary/aromatic N) is 1. The monoisotopic (exact) mass is 235 g/mol. The lowest BCUT2D eigenvalue weighted by Gasteiger charge is -2.14. The predicted octanol–water partition coefficient (Wildman–Crippen LogP) is 2.48. The van der Waals surface area contributed by atoms with E-state index < -0.39 is 7.38 Å². The van der Waals surface area contributed by atoms with Gasteiger partial charge in [0.2, 0.25) is 5.56 Å². The zero-order chi connectivity index (χ0) is 10.1. The van der Waals surface area contributed by atoms with Gasteiger partial charge in [0.1, 0.15) is 0 Å². The van der Waals surface area contributed by atoms with Gasteiger partial charge in [-0.25, -0.2) is 0 Å². The van der Waals surface area contributed by atoms with E-state index in [-0.39, 0.29) is 5.56 Å². The van der Waals surface area contributed by atoms with Crippen LogP contribution < -0.4 is 5.56 Å². The molecule has 0 aliphatic heterocycles. The molecule has 1 heterocycles. The summed E-state index contributed by atoms with van der Waals surface area (Å²) in [6, 6.07) is 3.04. The average molecular weight is 236 g/mol. The molecule has 72 valence electrons. The van der Waals surface area contributed by atoms with E-state index in [1.807, 2.05) is 13.1 Å². The average Bonchev–Trinajstić information content (AvgIpc) is 1.94. The van der Waals surface area contributed by atoms with Crippen molar-refractivity contribution in [2.75, 3.05) is 0 Å². The molecule has 2 nitrogen and oxygen atoms in total. The lowest BCUT2D eigenvalue weighted by atomic mass is 10.5. The van der Waals surface area contributed by atoms with Crippen LogP contribution in [-0.2, 0) is 6.17 Å². The summed E-state index contributed by atoms with van der Waals surface area (Å²) in [5, 5.41) is 0.564. The van der Waals surface area contributed by atoms with Gasteiger partial charge in [-0.1, -0.05) is 24.7 Å². The van der Waals surface area contributed by atoms with Crippen molar-refractivity contribution in [3.05, 3.63) is 33.7 Å². The highest BCUT2D eigenvalue weighted by Crippen LogP contribution is 2.11. The van der Waals surface area contributed by atoms with E-state index in [4.69, 9.17) is 22.7 Å². The Hall–Kier alpha value is -0.253. The number of hydrogen-bond acceptors (Lipinski definition) is 1. The Bertz CT molecular complexity index is 356. The predicted molar refractivity (Wildman–Crippen MR) is 59.0 cm³/mol. The first kappa shape index (κ1) is 10.8. The quantitative estimate of drug-likeness (QED) is 0.571. The Morgan fingerprint density at radius 3 is 2.62 bits per heavy atom. The second-order valence-corrected chi connectivity index (χ2v) is 10.8. The van der Waals surface area contributed by atoms with Crippen LogP contribution in [0.4, 0.5) is 0 Å². The molecule has 0 saturated carbocycles. The number of hydrogen-bond donors (Lipinski definition) is 0. The fourth-order valence-electron chi connectivity index (χ4n) is 1.03.